The summed E-state index contributed by atoms with van der Waals surface area (Å²) in [4.78, 5) is 8.88. The van der Waals surface area contributed by atoms with Gasteiger partial charge in [-0.1, -0.05) is 12.1 Å². The van der Waals surface area contributed by atoms with Gasteiger partial charge in [-0.25, -0.2) is 18.4 Å². The maximum atomic E-state index is 11.9. The smallest absolute Gasteiger partial charge is 0.179 e. The molecule has 0 aliphatic heterocycles. The molecule has 6 heteroatoms. The molecule has 102 valence electrons. The highest BCUT2D eigenvalue weighted by atomic mass is 32.2. The Labute approximate surface area is 116 Å². The Morgan fingerprint density at radius 2 is 1.85 bits per heavy atom. The minimum absolute atomic E-state index is 0.200. The molecule has 0 radical (unpaired) electrons. The van der Waals surface area contributed by atoms with Crippen molar-refractivity contribution in [1.82, 2.24) is 14.5 Å². The number of aromatic nitrogens is 3. The van der Waals surface area contributed by atoms with E-state index in [9.17, 15) is 8.42 Å². The number of hydrogen-bond donors (Lipinski definition) is 0. The van der Waals surface area contributed by atoms with Crippen molar-refractivity contribution in [2.24, 2.45) is 0 Å². The number of fused-ring (bicyclic) bond motifs is 1. The van der Waals surface area contributed by atoms with Gasteiger partial charge in [0.15, 0.2) is 15.7 Å². The van der Waals surface area contributed by atoms with Crippen molar-refractivity contribution >= 4 is 20.9 Å². The van der Waals surface area contributed by atoms with Crippen LogP contribution in [0.3, 0.4) is 0 Å². The Balaban J connectivity index is 2.41. The molecule has 0 saturated carbocycles. The second kappa shape index (κ2) is 4.42. The summed E-state index contributed by atoms with van der Waals surface area (Å²) in [7, 11) is -3.36. The van der Waals surface area contributed by atoms with Gasteiger partial charge >= 0.3 is 0 Å². The molecular weight excluding hydrogens is 274 g/mol. The van der Waals surface area contributed by atoms with E-state index in [1.807, 2.05) is 31.2 Å². The summed E-state index contributed by atoms with van der Waals surface area (Å²) < 4.78 is 25.6. The van der Waals surface area contributed by atoms with E-state index >= 15 is 0 Å². The predicted octanol–water partition coefficient (Wildman–Crippen LogP) is 2.13. The van der Waals surface area contributed by atoms with Crippen LogP contribution >= 0.6 is 0 Å². The highest BCUT2D eigenvalue weighted by molar-refractivity contribution is 7.90. The molecule has 0 amide bonds. The summed E-state index contributed by atoms with van der Waals surface area (Å²) in [5, 5.41) is 0. The number of aryl methyl sites for hydroxylation is 1. The van der Waals surface area contributed by atoms with Crippen LogP contribution in [-0.4, -0.2) is 29.2 Å². The average molecular weight is 287 g/mol. The maximum Gasteiger partial charge on any atom is 0.179 e. The number of para-hydroxylation sites is 2. The minimum Gasteiger partial charge on any atom is -0.279 e. The van der Waals surface area contributed by atoms with E-state index in [2.05, 4.69) is 9.97 Å². The highest BCUT2D eigenvalue weighted by Gasteiger charge is 2.18. The fourth-order valence-corrected chi connectivity index (χ4v) is 3.05. The van der Waals surface area contributed by atoms with Gasteiger partial charge in [0.2, 0.25) is 0 Å². The van der Waals surface area contributed by atoms with Gasteiger partial charge in [0, 0.05) is 12.5 Å². The molecule has 5 nitrogen and oxygen atoms in total. The van der Waals surface area contributed by atoms with Crippen molar-refractivity contribution in [3.63, 3.8) is 0 Å². The normalized spacial score (nSPS) is 11.9. The summed E-state index contributed by atoms with van der Waals surface area (Å²) in [5.41, 5.74) is 1.66. The molecule has 0 unspecified atom stereocenters. The lowest BCUT2D eigenvalue weighted by Gasteiger charge is -2.10. The van der Waals surface area contributed by atoms with Crippen LogP contribution in [0.5, 0.6) is 0 Å². The molecule has 1 aromatic carbocycles. The summed E-state index contributed by atoms with van der Waals surface area (Å²) in [5.74, 6) is 1.09. The first-order valence-electron chi connectivity index (χ1n) is 6.08. The van der Waals surface area contributed by atoms with Crippen LogP contribution in [0.15, 0.2) is 47.5 Å². The molecule has 0 fully saturated rings. The van der Waals surface area contributed by atoms with Crippen molar-refractivity contribution in [1.29, 1.82) is 0 Å². The Hall–Kier alpha value is -2.21. The van der Waals surface area contributed by atoms with Crippen LogP contribution in [0.25, 0.3) is 16.9 Å². The molecule has 0 aliphatic carbocycles. The van der Waals surface area contributed by atoms with Crippen LogP contribution in [0.2, 0.25) is 0 Å². The zero-order chi connectivity index (χ0) is 14.3. The van der Waals surface area contributed by atoms with E-state index in [1.54, 1.807) is 22.9 Å². The quantitative estimate of drug-likeness (QED) is 0.724. The first-order chi connectivity index (χ1) is 9.48. The number of benzene rings is 1. The molecule has 3 rings (SSSR count). The lowest BCUT2D eigenvalue weighted by molar-refractivity contribution is 0.600. The number of hydrogen-bond acceptors (Lipinski definition) is 4. The molecule has 0 N–H and O–H groups in total. The zero-order valence-corrected chi connectivity index (χ0v) is 11.9. The molecule has 2 aromatic heterocycles. The Morgan fingerprint density at radius 3 is 2.60 bits per heavy atom. The van der Waals surface area contributed by atoms with Crippen molar-refractivity contribution in [2.45, 2.75) is 11.8 Å². The molecule has 0 bridgehead atoms. The monoisotopic (exact) mass is 287 g/mol. The van der Waals surface area contributed by atoms with Gasteiger partial charge in [-0.3, -0.25) is 4.57 Å². The number of pyridine rings is 1. The SMILES string of the molecule is Cc1nc2ccccc2n1-c1ncccc1S(C)(=O)=O. The van der Waals surface area contributed by atoms with Gasteiger partial charge in [0.25, 0.3) is 0 Å². The first kappa shape index (κ1) is 12.8. The molecule has 0 atom stereocenters. The van der Waals surface area contributed by atoms with Crippen LogP contribution in [0, 0.1) is 6.92 Å². The maximum absolute atomic E-state index is 11.9. The minimum atomic E-state index is -3.36. The number of sulfone groups is 1. The largest absolute Gasteiger partial charge is 0.279 e. The third-order valence-corrected chi connectivity index (χ3v) is 4.21. The number of rotatable bonds is 2. The summed E-state index contributed by atoms with van der Waals surface area (Å²) in [6, 6.07) is 10.8. The second-order valence-electron chi connectivity index (χ2n) is 4.58. The van der Waals surface area contributed by atoms with Crippen LogP contribution in [0.1, 0.15) is 5.82 Å². The first-order valence-corrected chi connectivity index (χ1v) is 7.97. The van der Waals surface area contributed by atoms with Crippen molar-refractivity contribution in [3.05, 3.63) is 48.4 Å². The van der Waals surface area contributed by atoms with Crippen LogP contribution in [-0.2, 0) is 9.84 Å². The lowest BCUT2D eigenvalue weighted by Crippen LogP contribution is -2.08. The van der Waals surface area contributed by atoms with E-state index in [0.717, 1.165) is 11.0 Å². The third kappa shape index (κ3) is 1.98. The third-order valence-electron chi connectivity index (χ3n) is 3.09. The summed E-state index contributed by atoms with van der Waals surface area (Å²) in [6.07, 6.45) is 2.76. The predicted molar refractivity (Wildman–Crippen MR) is 76.7 cm³/mol. The van der Waals surface area contributed by atoms with Gasteiger partial charge in [0.1, 0.15) is 10.7 Å². The van der Waals surface area contributed by atoms with Gasteiger partial charge in [-0.15, -0.1) is 0 Å². The zero-order valence-electron chi connectivity index (χ0n) is 11.1. The molecule has 2 heterocycles. The summed E-state index contributed by atoms with van der Waals surface area (Å²) >= 11 is 0. The van der Waals surface area contributed by atoms with Crippen LogP contribution < -0.4 is 0 Å². The van der Waals surface area contributed by atoms with Gasteiger partial charge in [-0.2, -0.15) is 0 Å². The highest BCUT2D eigenvalue weighted by Crippen LogP contribution is 2.24. The number of nitrogens with zero attached hydrogens (tertiary/aromatic N) is 3. The fourth-order valence-electron chi connectivity index (χ4n) is 2.25. The number of imidazole rings is 1. The van der Waals surface area contributed by atoms with Crippen molar-refractivity contribution < 1.29 is 8.42 Å². The van der Waals surface area contributed by atoms with Gasteiger partial charge < -0.3 is 0 Å². The van der Waals surface area contributed by atoms with Crippen molar-refractivity contribution in [2.75, 3.05) is 6.26 Å². The van der Waals surface area contributed by atoms with Crippen molar-refractivity contribution in [3.8, 4) is 5.82 Å². The van der Waals surface area contributed by atoms with Gasteiger partial charge in [-0.05, 0) is 31.2 Å². The average Bonchev–Trinajstić information content (AvgIpc) is 2.73. The Bertz CT molecular complexity index is 898. The molecule has 0 aliphatic rings. The second-order valence-corrected chi connectivity index (χ2v) is 6.56. The van der Waals surface area contributed by atoms with E-state index in [1.165, 1.54) is 6.26 Å². The molecular formula is C14H13N3O2S. The molecule has 3 aromatic rings. The molecule has 20 heavy (non-hydrogen) atoms. The molecule has 0 saturated heterocycles. The Morgan fingerprint density at radius 1 is 1.10 bits per heavy atom. The fraction of sp³-hybridized carbons (Fsp3) is 0.143. The molecule has 0 spiro atoms. The summed E-state index contributed by atoms with van der Waals surface area (Å²) in [6.45, 7) is 1.83. The van der Waals surface area contributed by atoms with E-state index in [4.69, 9.17) is 0 Å². The van der Waals surface area contributed by atoms with Gasteiger partial charge in [0.05, 0.1) is 11.0 Å². The van der Waals surface area contributed by atoms with E-state index in [0.29, 0.717) is 11.6 Å². The van der Waals surface area contributed by atoms with E-state index < -0.39 is 9.84 Å². The lowest BCUT2D eigenvalue weighted by atomic mass is 10.3. The standard InChI is InChI=1S/C14H13N3O2S/c1-10-16-11-6-3-4-7-12(11)17(10)14-13(20(2,18)19)8-5-9-15-14/h3-9H,1-2H3. The topological polar surface area (TPSA) is 64.8 Å². The van der Waals surface area contributed by atoms with E-state index in [-0.39, 0.29) is 4.90 Å². The Kier molecular flexibility index (Phi) is 2.83. The van der Waals surface area contributed by atoms with Crippen LogP contribution in [0.4, 0.5) is 0 Å².